The minimum absolute atomic E-state index is 0.264. The quantitative estimate of drug-likeness (QED) is 0.484. The molecule has 0 amide bonds. The molecule has 3 N–H and O–H groups in total. The third-order valence-electron chi connectivity index (χ3n) is 2.67. The van der Waals surface area contributed by atoms with E-state index in [4.69, 9.17) is 5.84 Å². The largest absolute Gasteiger partial charge is 0.292 e. The molecule has 4 nitrogen and oxygen atoms in total. The van der Waals surface area contributed by atoms with Crippen molar-refractivity contribution in [2.24, 2.45) is 5.84 Å². The minimum Gasteiger partial charge on any atom is -0.292 e. The number of nitrogen functional groups attached to an aromatic ring is 1. The van der Waals surface area contributed by atoms with E-state index in [0.29, 0.717) is 10.3 Å². The predicted octanol–water partition coefficient (Wildman–Crippen LogP) is 2.33. The highest BCUT2D eigenvalue weighted by Crippen LogP contribution is 2.33. The zero-order valence-corrected chi connectivity index (χ0v) is 9.76. The van der Waals surface area contributed by atoms with Crippen LogP contribution in [0, 0.1) is 5.82 Å². The second kappa shape index (κ2) is 5.45. The van der Waals surface area contributed by atoms with Crippen molar-refractivity contribution in [3.8, 4) is 0 Å². The number of anilines is 1. The third-order valence-corrected chi connectivity index (χ3v) is 3.99. The number of halogens is 1. The molecule has 1 saturated carbocycles. The molecule has 1 aromatic heterocycles. The number of hydrogen-bond acceptors (Lipinski definition) is 5. The van der Waals surface area contributed by atoms with Crippen LogP contribution in [0.3, 0.4) is 0 Å². The number of thioether (sulfide) groups is 1. The van der Waals surface area contributed by atoms with E-state index >= 15 is 0 Å². The van der Waals surface area contributed by atoms with Gasteiger partial charge in [-0.1, -0.05) is 31.0 Å². The number of hydrogen-bond donors (Lipinski definition) is 2. The Morgan fingerprint density at radius 3 is 2.81 bits per heavy atom. The highest BCUT2D eigenvalue weighted by molar-refractivity contribution is 7.99. The van der Waals surface area contributed by atoms with E-state index in [-0.39, 0.29) is 11.8 Å². The number of aromatic nitrogens is 2. The van der Waals surface area contributed by atoms with Gasteiger partial charge in [0.05, 0.1) is 6.20 Å². The molecule has 16 heavy (non-hydrogen) atoms. The third kappa shape index (κ3) is 2.82. The van der Waals surface area contributed by atoms with Crippen LogP contribution in [0.4, 0.5) is 10.3 Å². The lowest BCUT2D eigenvalue weighted by Crippen LogP contribution is -2.13. The second-order valence-electron chi connectivity index (χ2n) is 3.87. The van der Waals surface area contributed by atoms with E-state index in [1.54, 1.807) is 0 Å². The van der Waals surface area contributed by atoms with Gasteiger partial charge in [-0.15, -0.1) is 0 Å². The van der Waals surface area contributed by atoms with Gasteiger partial charge in [0.15, 0.2) is 5.82 Å². The Hall–Kier alpha value is -0.880. The van der Waals surface area contributed by atoms with Gasteiger partial charge < -0.3 is 0 Å². The van der Waals surface area contributed by atoms with E-state index in [9.17, 15) is 4.39 Å². The molecule has 0 unspecified atom stereocenters. The van der Waals surface area contributed by atoms with Crippen LogP contribution in [0.1, 0.15) is 32.1 Å². The standard InChI is InChI=1S/C10H15FN4S/c11-8-6-13-10(15-12)14-9(8)16-7-4-2-1-3-5-7/h6-7H,1-5,12H2,(H,13,14,15). The van der Waals surface area contributed by atoms with Crippen molar-refractivity contribution in [3.05, 3.63) is 12.0 Å². The summed E-state index contributed by atoms with van der Waals surface area (Å²) in [6.07, 6.45) is 7.18. The molecule has 0 bridgehead atoms. The Morgan fingerprint density at radius 1 is 1.38 bits per heavy atom. The maximum Gasteiger partial charge on any atom is 0.238 e. The molecule has 1 aromatic rings. The summed E-state index contributed by atoms with van der Waals surface area (Å²) in [6.45, 7) is 0. The maximum absolute atomic E-state index is 13.4. The lowest BCUT2D eigenvalue weighted by molar-refractivity contribution is 0.513. The molecular weight excluding hydrogens is 227 g/mol. The molecule has 6 heteroatoms. The molecule has 0 saturated heterocycles. The van der Waals surface area contributed by atoms with Gasteiger partial charge in [0, 0.05) is 5.25 Å². The van der Waals surface area contributed by atoms with Crippen molar-refractivity contribution < 1.29 is 4.39 Å². The Labute approximate surface area is 98.2 Å². The highest BCUT2D eigenvalue weighted by Gasteiger charge is 2.18. The topological polar surface area (TPSA) is 63.8 Å². The second-order valence-corrected chi connectivity index (χ2v) is 5.16. The molecule has 1 aliphatic carbocycles. The average molecular weight is 242 g/mol. The molecule has 88 valence electrons. The van der Waals surface area contributed by atoms with Crippen molar-refractivity contribution in [1.82, 2.24) is 9.97 Å². The number of hydrazine groups is 1. The van der Waals surface area contributed by atoms with Crippen LogP contribution in [-0.2, 0) is 0 Å². The fraction of sp³-hybridized carbons (Fsp3) is 0.600. The van der Waals surface area contributed by atoms with Crippen LogP contribution in [0.15, 0.2) is 11.2 Å². The van der Waals surface area contributed by atoms with Crippen LogP contribution >= 0.6 is 11.8 Å². The van der Waals surface area contributed by atoms with Gasteiger partial charge in [0.1, 0.15) is 5.03 Å². The van der Waals surface area contributed by atoms with E-state index in [2.05, 4.69) is 15.4 Å². The minimum atomic E-state index is -0.366. The zero-order chi connectivity index (χ0) is 11.4. The van der Waals surface area contributed by atoms with Gasteiger partial charge in [0.25, 0.3) is 0 Å². The Bertz CT molecular complexity index is 355. The van der Waals surface area contributed by atoms with Gasteiger partial charge in [-0.2, -0.15) is 0 Å². The van der Waals surface area contributed by atoms with E-state index in [1.807, 2.05) is 0 Å². The summed E-state index contributed by atoms with van der Waals surface area (Å²) < 4.78 is 13.4. The van der Waals surface area contributed by atoms with Gasteiger partial charge in [-0.05, 0) is 12.8 Å². The Kier molecular flexibility index (Phi) is 3.95. The lowest BCUT2D eigenvalue weighted by atomic mass is 10.0. The predicted molar refractivity (Wildman–Crippen MR) is 62.5 cm³/mol. The summed E-state index contributed by atoms with van der Waals surface area (Å²) in [5, 5.41) is 0.874. The van der Waals surface area contributed by atoms with Crippen molar-refractivity contribution in [2.45, 2.75) is 42.4 Å². The van der Waals surface area contributed by atoms with E-state index in [1.165, 1.54) is 31.0 Å². The van der Waals surface area contributed by atoms with Crippen molar-refractivity contribution in [3.63, 3.8) is 0 Å². The van der Waals surface area contributed by atoms with Crippen molar-refractivity contribution in [1.29, 1.82) is 0 Å². The number of nitrogens with zero attached hydrogens (tertiary/aromatic N) is 2. The summed E-state index contributed by atoms with van der Waals surface area (Å²) in [5.41, 5.74) is 2.33. The molecule has 0 aromatic carbocycles. The first kappa shape index (κ1) is 11.6. The normalized spacial score (nSPS) is 17.4. The van der Waals surface area contributed by atoms with Gasteiger partial charge in [0.2, 0.25) is 5.95 Å². The summed E-state index contributed by atoms with van der Waals surface area (Å²) in [7, 11) is 0. The number of rotatable bonds is 3. The number of nitrogens with one attached hydrogen (secondary N) is 1. The van der Waals surface area contributed by atoms with Crippen LogP contribution < -0.4 is 11.3 Å². The molecule has 1 fully saturated rings. The Morgan fingerprint density at radius 2 is 2.12 bits per heavy atom. The van der Waals surface area contributed by atoms with Crippen molar-refractivity contribution >= 4 is 17.7 Å². The van der Waals surface area contributed by atoms with Gasteiger partial charge in [-0.25, -0.2) is 20.2 Å². The molecule has 0 spiro atoms. The molecule has 2 rings (SSSR count). The smallest absolute Gasteiger partial charge is 0.238 e. The fourth-order valence-electron chi connectivity index (χ4n) is 1.84. The maximum atomic E-state index is 13.4. The summed E-state index contributed by atoms with van der Waals surface area (Å²) >= 11 is 1.50. The van der Waals surface area contributed by atoms with Gasteiger partial charge >= 0.3 is 0 Å². The monoisotopic (exact) mass is 242 g/mol. The molecule has 0 radical (unpaired) electrons. The average Bonchev–Trinajstić information content (AvgIpc) is 2.33. The van der Waals surface area contributed by atoms with E-state index < -0.39 is 0 Å². The first-order chi connectivity index (χ1) is 7.79. The summed E-state index contributed by atoms with van der Waals surface area (Å²) in [4.78, 5) is 7.74. The van der Waals surface area contributed by atoms with Crippen LogP contribution in [0.5, 0.6) is 0 Å². The highest BCUT2D eigenvalue weighted by atomic mass is 32.2. The zero-order valence-electron chi connectivity index (χ0n) is 8.95. The molecule has 0 aliphatic heterocycles. The molecule has 0 atom stereocenters. The van der Waals surface area contributed by atoms with Crippen molar-refractivity contribution in [2.75, 3.05) is 5.43 Å². The summed E-state index contributed by atoms with van der Waals surface area (Å²) in [5.74, 6) is 5.09. The van der Waals surface area contributed by atoms with Gasteiger partial charge in [-0.3, -0.25) is 5.43 Å². The lowest BCUT2D eigenvalue weighted by Gasteiger charge is -2.20. The van der Waals surface area contributed by atoms with Crippen LogP contribution in [0.25, 0.3) is 0 Å². The SMILES string of the molecule is NNc1ncc(F)c(SC2CCCCC2)n1. The van der Waals surface area contributed by atoms with Crippen LogP contribution in [-0.4, -0.2) is 15.2 Å². The first-order valence-electron chi connectivity index (χ1n) is 5.45. The molecule has 1 heterocycles. The molecule has 1 aliphatic rings. The fourth-order valence-corrected chi connectivity index (χ4v) is 3.03. The van der Waals surface area contributed by atoms with Crippen LogP contribution in [0.2, 0.25) is 0 Å². The first-order valence-corrected chi connectivity index (χ1v) is 6.33. The number of nitrogens with two attached hydrogens (primary N) is 1. The summed E-state index contributed by atoms with van der Waals surface area (Å²) in [6, 6.07) is 0. The Balaban J connectivity index is 2.06. The molecular formula is C10H15FN4S. The van der Waals surface area contributed by atoms with E-state index in [0.717, 1.165) is 19.0 Å².